The van der Waals surface area contributed by atoms with Gasteiger partial charge in [0, 0.05) is 20.8 Å². The summed E-state index contributed by atoms with van der Waals surface area (Å²) in [7, 11) is 3.17. The van der Waals surface area contributed by atoms with Gasteiger partial charge in [-0.15, -0.1) is 0 Å². The maximum absolute atomic E-state index is 11.5. The molecule has 1 amide bonds. The van der Waals surface area contributed by atoms with Gasteiger partial charge in [-0.25, -0.2) is 0 Å². The number of amides is 1. The molecule has 0 saturated heterocycles. The average Bonchev–Trinajstić information content (AvgIpc) is 2.22. The quantitative estimate of drug-likeness (QED) is 0.618. The summed E-state index contributed by atoms with van der Waals surface area (Å²) in [5.41, 5.74) is 5.68. The van der Waals surface area contributed by atoms with Gasteiger partial charge in [-0.3, -0.25) is 4.79 Å². The molecule has 90 valence electrons. The maximum atomic E-state index is 11.5. The molecule has 5 nitrogen and oxygen atoms in total. The van der Waals surface area contributed by atoms with Crippen LogP contribution in [0.3, 0.4) is 0 Å². The third-order valence-corrected chi connectivity index (χ3v) is 2.21. The van der Waals surface area contributed by atoms with E-state index in [1.807, 2.05) is 13.8 Å². The summed E-state index contributed by atoms with van der Waals surface area (Å²) in [6, 6.07) is -0.468. The van der Waals surface area contributed by atoms with Gasteiger partial charge in [0.1, 0.15) is 0 Å². The Bertz CT molecular complexity index is 186. The minimum atomic E-state index is -0.468. The summed E-state index contributed by atoms with van der Waals surface area (Å²) in [5, 5.41) is 2.73. The van der Waals surface area contributed by atoms with Crippen LogP contribution in [-0.2, 0) is 14.3 Å². The topological polar surface area (TPSA) is 73.6 Å². The van der Waals surface area contributed by atoms with Crippen molar-refractivity contribution >= 4 is 5.91 Å². The van der Waals surface area contributed by atoms with Crippen LogP contribution in [0.1, 0.15) is 13.8 Å². The number of hydrogen-bond acceptors (Lipinski definition) is 4. The van der Waals surface area contributed by atoms with Crippen molar-refractivity contribution in [2.75, 3.05) is 27.4 Å². The zero-order valence-corrected chi connectivity index (χ0v) is 9.95. The number of carbonyl (C=O) groups is 1. The zero-order valence-electron chi connectivity index (χ0n) is 9.95. The van der Waals surface area contributed by atoms with Crippen LogP contribution in [0.5, 0.6) is 0 Å². The molecule has 15 heavy (non-hydrogen) atoms. The lowest BCUT2D eigenvalue weighted by Gasteiger charge is -2.18. The minimum absolute atomic E-state index is 0.127. The van der Waals surface area contributed by atoms with Crippen molar-refractivity contribution in [3.8, 4) is 0 Å². The number of ether oxygens (including phenoxy) is 2. The van der Waals surface area contributed by atoms with Gasteiger partial charge in [-0.1, -0.05) is 13.8 Å². The molecule has 2 atom stereocenters. The molecule has 0 aliphatic heterocycles. The van der Waals surface area contributed by atoms with Crippen LogP contribution >= 0.6 is 0 Å². The van der Waals surface area contributed by atoms with Crippen LogP contribution in [0, 0.1) is 5.92 Å². The van der Waals surface area contributed by atoms with Crippen LogP contribution in [0.15, 0.2) is 0 Å². The smallest absolute Gasteiger partial charge is 0.237 e. The van der Waals surface area contributed by atoms with Crippen LogP contribution in [0.4, 0.5) is 0 Å². The first-order valence-electron chi connectivity index (χ1n) is 5.08. The molecule has 1 unspecified atom stereocenters. The van der Waals surface area contributed by atoms with Gasteiger partial charge in [0.25, 0.3) is 0 Å². The van der Waals surface area contributed by atoms with E-state index in [2.05, 4.69) is 5.32 Å². The average molecular weight is 218 g/mol. The second kappa shape index (κ2) is 7.62. The van der Waals surface area contributed by atoms with Gasteiger partial charge in [0.15, 0.2) is 0 Å². The van der Waals surface area contributed by atoms with Crippen molar-refractivity contribution < 1.29 is 14.3 Å². The van der Waals surface area contributed by atoms with Gasteiger partial charge in [-0.2, -0.15) is 0 Å². The Morgan fingerprint density at radius 3 is 2.40 bits per heavy atom. The van der Waals surface area contributed by atoms with E-state index in [-0.39, 0.29) is 17.9 Å². The van der Waals surface area contributed by atoms with Gasteiger partial charge < -0.3 is 20.5 Å². The van der Waals surface area contributed by atoms with Crippen molar-refractivity contribution in [3.05, 3.63) is 0 Å². The molecular weight excluding hydrogens is 196 g/mol. The highest BCUT2D eigenvalue weighted by molar-refractivity contribution is 5.81. The van der Waals surface area contributed by atoms with E-state index >= 15 is 0 Å². The first kappa shape index (κ1) is 14.3. The molecule has 0 aromatic heterocycles. The molecule has 3 N–H and O–H groups in total. The van der Waals surface area contributed by atoms with Crippen molar-refractivity contribution in [1.29, 1.82) is 0 Å². The third kappa shape index (κ3) is 5.71. The molecule has 0 spiro atoms. The molecule has 0 bridgehead atoms. The Hall–Kier alpha value is -0.650. The van der Waals surface area contributed by atoms with E-state index in [1.54, 1.807) is 14.2 Å². The number of carbonyl (C=O) groups excluding carboxylic acids is 1. The van der Waals surface area contributed by atoms with E-state index in [0.29, 0.717) is 13.2 Å². The number of hydrogen-bond donors (Lipinski definition) is 2. The van der Waals surface area contributed by atoms with Crippen LogP contribution in [-0.4, -0.2) is 45.4 Å². The highest BCUT2D eigenvalue weighted by atomic mass is 16.5. The Morgan fingerprint density at radius 2 is 2.00 bits per heavy atom. The van der Waals surface area contributed by atoms with E-state index in [1.165, 1.54) is 0 Å². The molecule has 0 heterocycles. The summed E-state index contributed by atoms with van der Waals surface area (Å²) in [6.45, 7) is 4.69. The fourth-order valence-electron chi connectivity index (χ4n) is 1.03. The Kier molecular flexibility index (Phi) is 7.29. The molecule has 0 saturated carbocycles. The molecule has 5 heteroatoms. The minimum Gasteiger partial charge on any atom is -0.382 e. The molecule has 0 aliphatic rings. The Balaban J connectivity index is 3.87. The Labute approximate surface area is 91.3 Å². The second-order valence-corrected chi connectivity index (χ2v) is 3.83. The lowest BCUT2D eigenvalue weighted by atomic mass is 10.1. The molecule has 0 aromatic carbocycles. The van der Waals surface area contributed by atoms with Crippen molar-refractivity contribution in [2.24, 2.45) is 11.7 Å². The van der Waals surface area contributed by atoms with Crippen molar-refractivity contribution in [1.82, 2.24) is 5.32 Å². The number of methoxy groups -OCH3 is 2. The summed E-state index contributed by atoms with van der Waals surface area (Å²) in [6.07, 6.45) is -0.127. The second-order valence-electron chi connectivity index (χ2n) is 3.83. The van der Waals surface area contributed by atoms with E-state index in [4.69, 9.17) is 15.2 Å². The lowest BCUT2D eigenvalue weighted by Crippen LogP contribution is -2.46. The molecule has 0 fully saturated rings. The molecule has 0 aromatic rings. The standard InChI is InChI=1S/C10H22N2O3/c1-7(2)9(11)10(13)12-5-8(15-4)6-14-3/h7-9H,5-6,11H2,1-4H3,(H,12,13)/t8?,9-/m1/s1. The third-order valence-electron chi connectivity index (χ3n) is 2.21. The lowest BCUT2D eigenvalue weighted by molar-refractivity contribution is -0.124. The van der Waals surface area contributed by atoms with Gasteiger partial charge in [-0.05, 0) is 5.92 Å². The SMILES string of the molecule is COCC(CNC(=O)[C@H](N)C(C)C)OC. The fourth-order valence-corrected chi connectivity index (χ4v) is 1.03. The molecule has 0 radical (unpaired) electrons. The van der Waals surface area contributed by atoms with Gasteiger partial charge >= 0.3 is 0 Å². The van der Waals surface area contributed by atoms with Crippen molar-refractivity contribution in [2.45, 2.75) is 26.0 Å². The van der Waals surface area contributed by atoms with Crippen LogP contribution in [0.25, 0.3) is 0 Å². The Morgan fingerprint density at radius 1 is 1.40 bits per heavy atom. The first-order chi connectivity index (χ1) is 7.02. The number of rotatable bonds is 7. The van der Waals surface area contributed by atoms with E-state index in [0.717, 1.165) is 0 Å². The highest BCUT2D eigenvalue weighted by Gasteiger charge is 2.18. The normalized spacial score (nSPS) is 15.1. The van der Waals surface area contributed by atoms with Crippen LogP contribution in [0.2, 0.25) is 0 Å². The predicted octanol–water partition coefficient (Wildman–Crippen LogP) is -0.253. The van der Waals surface area contributed by atoms with E-state index < -0.39 is 6.04 Å². The zero-order chi connectivity index (χ0) is 11.8. The number of nitrogens with one attached hydrogen (secondary N) is 1. The van der Waals surface area contributed by atoms with Crippen molar-refractivity contribution in [3.63, 3.8) is 0 Å². The van der Waals surface area contributed by atoms with E-state index in [9.17, 15) is 4.79 Å². The molecule has 0 aliphatic carbocycles. The summed E-state index contributed by atoms with van der Waals surface area (Å²) in [5.74, 6) is -0.0171. The van der Waals surface area contributed by atoms with Gasteiger partial charge in [0.2, 0.25) is 5.91 Å². The molecular formula is C10H22N2O3. The predicted molar refractivity (Wildman–Crippen MR) is 58.5 cm³/mol. The number of nitrogens with two attached hydrogens (primary N) is 1. The monoisotopic (exact) mass is 218 g/mol. The molecule has 0 rings (SSSR count). The summed E-state index contributed by atoms with van der Waals surface area (Å²) < 4.78 is 10.0. The highest BCUT2D eigenvalue weighted by Crippen LogP contribution is 1.98. The largest absolute Gasteiger partial charge is 0.382 e. The van der Waals surface area contributed by atoms with Gasteiger partial charge in [0.05, 0.1) is 18.8 Å². The van der Waals surface area contributed by atoms with Crippen LogP contribution < -0.4 is 11.1 Å². The first-order valence-corrected chi connectivity index (χ1v) is 5.08. The maximum Gasteiger partial charge on any atom is 0.237 e. The fraction of sp³-hybridized carbons (Fsp3) is 0.900. The summed E-state index contributed by atoms with van der Waals surface area (Å²) in [4.78, 5) is 11.5. The summed E-state index contributed by atoms with van der Waals surface area (Å²) >= 11 is 0.